The Morgan fingerprint density at radius 1 is 1.47 bits per heavy atom. The number of aryl methyl sites for hydroxylation is 1. The quantitative estimate of drug-likeness (QED) is 0.868. The minimum absolute atomic E-state index is 0.243. The zero-order chi connectivity index (χ0) is 12.4. The Morgan fingerprint density at radius 2 is 2.24 bits per heavy atom. The fourth-order valence-corrected chi connectivity index (χ4v) is 2.72. The molecule has 0 bridgehead atoms. The minimum atomic E-state index is 0.243. The molecule has 1 heterocycles. The van der Waals surface area contributed by atoms with E-state index < -0.39 is 0 Å². The van der Waals surface area contributed by atoms with Gasteiger partial charge in [-0.25, -0.2) is 0 Å². The number of nitrogens with two attached hydrogens (primary N) is 1. The van der Waals surface area contributed by atoms with Crippen molar-refractivity contribution in [1.82, 2.24) is 0 Å². The van der Waals surface area contributed by atoms with Crippen molar-refractivity contribution < 1.29 is 0 Å². The predicted molar refractivity (Wildman–Crippen MR) is 74.5 cm³/mol. The maximum Gasteiger partial charge on any atom is 0.0396 e. The standard InChI is InChI=1S/C15H24N2/c1-11-6-7-17(10-11)15-5-4-14(8-12(15)2)9-13(3)16/h4-5,8,11,13H,6-7,9-10,16H2,1-3H3. The molecule has 2 rings (SSSR count). The van der Waals surface area contributed by atoms with Crippen LogP contribution in [0.5, 0.6) is 0 Å². The lowest BCUT2D eigenvalue weighted by atomic mass is 10.0. The van der Waals surface area contributed by atoms with Gasteiger partial charge in [0.05, 0.1) is 0 Å². The molecule has 1 aromatic carbocycles. The van der Waals surface area contributed by atoms with Crippen LogP contribution in [0.1, 0.15) is 31.4 Å². The first-order valence-electron chi connectivity index (χ1n) is 6.66. The van der Waals surface area contributed by atoms with Crippen LogP contribution in [0.3, 0.4) is 0 Å². The molecule has 17 heavy (non-hydrogen) atoms. The largest absolute Gasteiger partial charge is 0.371 e. The van der Waals surface area contributed by atoms with Crippen LogP contribution in [-0.2, 0) is 6.42 Å². The SMILES string of the molecule is Cc1cc(CC(C)N)ccc1N1CCC(C)C1. The van der Waals surface area contributed by atoms with E-state index >= 15 is 0 Å². The lowest BCUT2D eigenvalue weighted by Crippen LogP contribution is -2.21. The molecule has 0 aromatic heterocycles. The second kappa shape index (κ2) is 5.09. The van der Waals surface area contributed by atoms with Gasteiger partial charge in [0.2, 0.25) is 0 Å². The molecule has 94 valence electrons. The Bertz CT molecular complexity index is 385. The number of anilines is 1. The van der Waals surface area contributed by atoms with E-state index in [1.54, 1.807) is 0 Å². The Balaban J connectivity index is 2.14. The highest BCUT2D eigenvalue weighted by atomic mass is 15.1. The summed E-state index contributed by atoms with van der Waals surface area (Å²) in [5.74, 6) is 0.832. The summed E-state index contributed by atoms with van der Waals surface area (Å²) in [6.45, 7) is 9.01. The van der Waals surface area contributed by atoms with Crippen molar-refractivity contribution in [1.29, 1.82) is 0 Å². The first-order valence-corrected chi connectivity index (χ1v) is 6.66. The zero-order valence-corrected chi connectivity index (χ0v) is 11.2. The topological polar surface area (TPSA) is 29.3 Å². The van der Waals surface area contributed by atoms with Crippen molar-refractivity contribution >= 4 is 5.69 Å². The fraction of sp³-hybridized carbons (Fsp3) is 0.600. The lowest BCUT2D eigenvalue weighted by molar-refractivity contribution is 0.659. The van der Waals surface area contributed by atoms with Gasteiger partial charge >= 0.3 is 0 Å². The fourth-order valence-electron chi connectivity index (χ4n) is 2.72. The van der Waals surface area contributed by atoms with E-state index in [0.717, 1.165) is 12.3 Å². The molecule has 0 saturated carbocycles. The van der Waals surface area contributed by atoms with E-state index in [1.165, 1.54) is 36.3 Å². The minimum Gasteiger partial charge on any atom is -0.371 e. The third kappa shape index (κ3) is 3.01. The van der Waals surface area contributed by atoms with Crippen LogP contribution in [-0.4, -0.2) is 19.1 Å². The third-order valence-corrected chi connectivity index (χ3v) is 3.58. The lowest BCUT2D eigenvalue weighted by Gasteiger charge is -2.21. The molecule has 2 nitrogen and oxygen atoms in total. The Kier molecular flexibility index (Phi) is 3.72. The summed E-state index contributed by atoms with van der Waals surface area (Å²) in [7, 11) is 0. The molecule has 1 aromatic rings. The average Bonchev–Trinajstić information content (AvgIpc) is 2.64. The summed E-state index contributed by atoms with van der Waals surface area (Å²) in [4.78, 5) is 2.51. The molecule has 2 atom stereocenters. The molecule has 1 saturated heterocycles. The molecule has 0 amide bonds. The summed E-state index contributed by atoms with van der Waals surface area (Å²) in [5.41, 5.74) is 9.99. The van der Waals surface area contributed by atoms with Crippen molar-refractivity contribution in [3.05, 3.63) is 29.3 Å². The highest BCUT2D eigenvalue weighted by Gasteiger charge is 2.20. The Labute approximate surface area is 105 Å². The molecule has 2 unspecified atom stereocenters. The van der Waals surface area contributed by atoms with Crippen LogP contribution in [0.4, 0.5) is 5.69 Å². The Morgan fingerprint density at radius 3 is 2.76 bits per heavy atom. The molecule has 0 spiro atoms. The van der Waals surface area contributed by atoms with Gasteiger partial charge in [0, 0.05) is 24.8 Å². The molecule has 1 fully saturated rings. The monoisotopic (exact) mass is 232 g/mol. The highest BCUT2D eigenvalue weighted by molar-refractivity contribution is 5.55. The maximum atomic E-state index is 5.84. The molecule has 1 aliphatic rings. The van der Waals surface area contributed by atoms with Crippen molar-refractivity contribution in [2.45, 2.75) is 39.7 Å². The van der Waals surface area contributed by atoms with Gasteiger partial charge in [-0.15, -0.1) is 0 Å². The molecular formula is C15H24N2. The van der Waals surface area contributed by atoms with E-state index in [0.29, 0.717) is 0 Å². The first-order chi connectivity index (χ1) is 8.06. The second-order valence-electron chi connectivity index (χ2n) is 5.64. The van der Waals surface area contributed by atoms with Crippen molar-refractivity contribution in [2.75, 3.05) is 18.0 Å². The third-order valence-electron chi connectivity index (χ3n) is 3.58. The van der Waals surface area contributed by atoms with Gasteiger partial charge in [0.15, 0.2) is 0 Å². The van der Waals surface area contributed by atoms with Gasteiger partial charge in [-0.1, -0.05) is 19.1 Å². The van der Waals surface area contributed by atoms with Crippen LogP contribution in [0.2, 0.25) is 0 Å². The Hall–Kier alpha value is -1.02. The summed E-state index contributed by atoms with van der Waals surface area (Å²) in [5, 5.41) is 0. The maximum absolute atomic E-state index is 5.84. The summed E-state index contributed by atoms with van der Waals surface area (Å²) in [6.07, 6.45) is 2.29. The smallest absolute Gasteiger partial charge is 0.0396 e. The van der Waals surface area contributed by atoms with E-state index in [4.69, 9.17) is 5.73 Å². The first kappa shape index (κ1) is 12.4. The van der Waals surface area contributed by atoms with E-state index in [-0.39, 0.29) is 6.04 Å². The number of hydrogen-bond acceptors (Lipinski definition) is 2. The predicted octanol–water partition coefficient (Wildman–Crippen LogP) is 2.73. The highest BCUT2D eigenvalue weighted by Crippen LogP contribution is 2.27. The molecular weight excluding hydrogens is 208 g/mol. The van der Waals surface area contributed by atoms with Crippen LogP contribution < -0.4 is 10.6 Å². The van der Waals surface area contributed by atoms with Gasteiger partial charge in [0.25, 0.3) is 0 Å². The van der Waals surface area contributed by atoms with Gasteiger partial charge in [-0.05, 0) is 49.8 Å². The number of benzene rings is 1. The van der Waals surface area contributed by atoms with Gasteiger partial charge in [-0.2, -0.15) is 0 Å². The average molecular weight is 232 g/mol. The van der Waals surface area contributed by atoms with Gasteiger partial charge in [-0.3, -0.25) is 0 Å². The van der Waals surface area contributed by atoms with Crippen molar-refractivity contribution in [3.63, 3.8) is 0 Å². The number of hydrogen-bond donors (Lipinski definition) is 1. The van der Waals surface area contributed by atoms with Gasteiger partial charge < -0.3 is 10.6 Å². The number of nitrogens with zero attached hydrogens (tertiary/aromatic N) is 1. The van der Waals surface area contributed by atoms with Crippen molar-refractivity contribution in [2.24, 2.45) is 11.7 Å². The van der Waals surface area contributed by atoms with Crippen LogP contribution in [0, 0.1) is 12.8 Å². The normalized spacial score (nSPS) is 21.9. The van der Waals surface area contributed by atoms with E-state index in [9.17, 15) is 0 Å². The summed E-state index contributed by atoms with van der Waals surface area (Å²) < 4.78 is 0. The van der Waals surface area contributed by atoms with Crippen LogP contribution >= 0.6 is 0 Å². The van der Waals surface area contributed by atoms with Gasteiger partial charge in [0.1, 0.15) is 0 Å². The zero-order valence-electron chi connectivity index (χ0n) is 11.2. The molecule has 2 heteroatoms. The van der Waals surface area contributed by atoms with Crippen LogP contribution in [0.15, 0.2) is 18.2 Å². The molecule has 1 aliphatic heterocycles. The van der Waals surface area contributed by atoms with Crippen molar-refractivity contribution in [3.8, 4) is 0 Å². The summed E-state index contributed by atoms with van der Waals surface area (Å²) >= 11 is 0. The number of rotatable bonds is 3. The van der Waals surface area contributed by atoms with E-state index in [1.807, 2.05) is 0 Å². The van der Waals surface area contributed by atoms with Crippen LogP contribution in [0.25, 0.3) is 0 Å². The second-order valence-corrected chi connectivity index (χ2v) is 5.64. The molecule has 0 aliphatic carbocycles. The molecule has 2 N–H and O–H groups in total. The summed E-state index contributed by atoms with van der Waals surface area (Å²) in [6, 6.07) is 7.04. The van der Waals surface area contributed by atoms with E-state index in [2.05, 4.69) is 43.9 Å². The molecule has 0 radical (unpaired) electrons.